The lowest BCUT2D eigenvalue weighted by Crippen LogP contribution is -2.54. The van der Waals surface area contributed by atoms with Gasteiger partial charge in [0.1, 0.15) is 30.3 Å². The lowest BCUT2D eigenvalue weighted by Gasteiger charge is -2.26. The van der Waals surface area contributed by atoms with E-state index < -0.39 is 17.8 Å². The van der Waals surface area contributed by atoms with Gasteiger partial charge in [-0.1, -0.05) is 24.3 Å². The van der Waals surface area contributed by atoms with E-state index >= 15 is 0 Å². The maximum atomic E-state index is 13.2. The number of hydrogen-bond donors (Lipinski definition) is 1. The van der Waals surface area contributed by atoms with Gasteiger partial charge in [0.2, 0.25) is 0 Å². The van der Waals surface area contributed by atoms with Gasteiger partial charge in [-0.15, -0.1) is 0 Å². The second-order valence-corrected chi connectivity index (χ2v) is 8.26. The number of methoxy groups -OCH3 is 1. The predicted molar refractivity (Wildman–Crippen MR) is 142 cm³/mol. The fourth-order valence-corrected chi connectivity index (χ4v) is 3.81. The van der Waals surface area contributed by atoms with E-state index in [1.165, 1.54) is 13.2 Å². The topological polar surface area (TPSA) is 103 Å². The highest BCUT2D eigenvalue weighted by Crippen LogP contribution is 2.30. The molecule has 0 bridgehead atoms. The summed E-state index contributed by atoms with van der Waals surface area (Å²) in [7, 11) is 1.51. The quantitative estimate of drug-likeness (QED) is 0.240. The standard InChI is InChI=1S/C29H28N2O7/c1-4-36-26-18-20(9-14-25(26)38-16-15-37-24-8-6-5-7-19(24)2)17-23-27(32)30-29(34)31(28(23)33)21-10-12-22(35-3)13-11-21/h5-14,17-18H,4,15-16H2,1-3H3,(H,30,32,34). The Balaban J connectivity index is 1.51. The Kier molecular flexibility index (Phi) is 8.27. The molecule has 0 atom stereocenters. The lowest BCUT2D eigenvalue weighted by molar-refractivity contribution is -0.122. The highest BCUT2D eigenvalue weighted by atomic mass is 16.5. The van der Waals surface area contributed by atoms with Crippen molar-refractivity contribution in [3.05, 3.63) is 83.4 Å². The van der Waals surface area contributed by atoms with Crippen LogP contribution in [0.15, 0.2) is 72.3 Å². The number of ether oxygens (including phenoxy) is 4. The van der Waals surface area contributed by atoms with Gasteiger partial charge in [0.25, 0.3) is 11.8 Å². The Bertz CT molecular complexity index is 1370. The summed E-state index contributed by atoms with van der Waals surface area (Å²) in [6, 6.07) is 18.3. The maximum Gasteiger partial charge on any atom is 0.335 e. The Morgan fingerprint density at radius 1 is 0.842 bits per heavy atom. The molecule has 1 fully saturated rings. The zero-order valence-electron chi connectivity index (χ0n) is 21.4. The van der Waals surface area contributed by atoms with E-state index in [1.54, 1.807) is 42.5 Å². The molecule has 1 saturated heterocycles. The van der Waals surface area contributed by atoms with Crippen LogP contribution in [-0.2, 0) is 9.59 Å². The number of anilines is 1. The molecule has 4 rings (SSSR count). The van der Waals surface area contributed by atoms with E-state index in [-0.39, 0.29) is 12.2 Å². The Morgan fingerprint density at radius 3 is 2.24 bits per heavy atom. The molecular formula is C29H28N2O7. The second-order valence-electron chi connectivity index (χ2n) is 8.26. The molecule has 1 heterocycles. The highest BCUT2D eigenvalue weighted by Gasteiger charge is 2.36. The number of benzene rings is 3. The molecule has 1 N–H and O–H groups in total. The summed E-state index contributed by atoms with van der Waals surface area (Å²) < 4.78 is 22.5. The minimum absolute atomic E-state index is 0.192. The first-order chi connectivity index (χ1) is 18.4. The molecule has 1 aliphatic heterocycles. The molecule has 3 aromatic carbocycles. The molecule has 38 heavy (non-hydrogen) atoms. The van der Waals surface area contributed by atoms with Crippen molar-refractivity contribution in [1.29, 1.82) is 0 Å². The fourth-order valence-electron chi connectivity index (χ4n) is 3.81. The van der Waals surface area contributed by atoms with Crippen molar-refractivity contribution in [2.24, 2.45) is 0 Å². The zero-order valence-corrected chi connectivity index (χ0v) is 21.4. The second kappa shape index (κ2) is 12.0. The van der Waals surface area contributed by atoms with Gasteiger partial charge in [0.15, 0.2) is 11.5 Å². The van der Waals surface area contributed by atoms with Crippen LogP contribution in [0.2, 0.25) is 0 Å². The van der Waals surface area contributed by atoms with Crippen LogP contribution in [0.25, 0.3) is 6.08 Å². The third-order valence-corrected chi connectivity index (χ3v) is 5.70. The summed E-state index contributed by atoms with van der Waals surface area (Å²) in [4.78, 5) is 39.1. The summed E-state index contributed by atoms with van der Waals surface area (Å²) in [5.74, 6) is 0.784. The number of carbonyl (C=O) groups is 3. The van der Waals surface area contributed by atoms with Gasteiger partial charge in [-0.05, 0) is 73.5 Å². The number of hydrogen-bond acceptors (Lipinski definition) is 7. The van der Waals surface area contributed by atoms with E-state index in [1.807, 2.05) is 38.1 Å². The molecule has 9 nitrogen and oxygen atoms in total. The van der Waals surface area contributed by atoms with E-state index in [0.717, 1.165) is 16.2 Å². The smallest absolute Gasteiger partial charge is 0.335 e. The fraction of sp³-hybridized carbons (Fsp3) is 0.207. The molecule has 1 aliphatic rings. The summed E-state index contributed by atoms with van der Waals surface area (Å²) >= 11 is 0. The number of para-hydroxylation sites is 1. The van der Waals surface area contributed by atoms with E-state index in [9.17, 15) is 14.4 Å². The van der Waals surface area contributed by atoms with Crippen molar-refractivity contribution in [2.45, 2.75) is 13.8 Å². The minimum Gasteiger partial charge on any atom is -0.497 e. The van der Waals surface area contributed by atoms with Crippen LogP contribution in [0.3, 0.4) is 0 Å². The monoisotopic (exact) mass is 516 g/mol. The van der Waals surface area contributed by atoms with Gasteiger partial charge >= 0.3 is 6.03 Å². The number of nitrogens with one attached hydrogen (secondary N) is 1. The third-order valence-electron chi connectivity index (χ3n) is 5.70. The van der Waals surface area contributed by atoms with Gasteiger partial charge < -0.3 is 18.9 Å². The predicted octanol–water partition coefficient (Wildman–Crippen LogP) is 4.53. The number of amides is 4. The van der Waals surface area contributed by atoms with Gasteiger partial charge in [0, 0.05) is 0 Å². The number of nitrogens with zero attached hydrogens (tertiary/aromatic N) is 1. The van der Waals surface area contributed by atoms with Gasteiger partial charge in [-0.3, -0.25) is 14.9 Å². The van der Waals surface area contributed by atoms with Crippen molar-refractivity contribution in [3.8, 4) is 23.0 Å². The van der Waals surface area contributed by atoms with Crippen LogP contribution in [0.1, 0.15) is 18.1 Å². The molecule has 0 aliphatic carbocycles. The molecule has 9 heteroatoms. The molecule has 0 saturated carbocycles. The molecule has 0 unspecified atom stereocenters. The van der Waals surface area contributed by atoms with Crippen LogP contribution in [0.5, 0.6) is 23.0 Å². The summed E-state index contributed by atoms with van der Waals surface area (Å²) in [5.41, 5.74) is 1.68. The SMILES string of the molecule is CCOc1cc(C=C2C(=O)NC(=O)N(c3ccc(OC)cc3)C2=O)ccc1OCCOc1ccccc1C. The maximum absolute atomic E-state index is 13.2. The summed E-state index contributed by atoms with van der Waals surface area (Å²) in [6.07, 6.45) is 1.41. The number of carbonyl (C=O) groups excluding carboxylic acids is 3. The number of barbiturate groups is 1. The van der Waals surface area contributed by atoms with E-state index in [4.69, 9.17) is 18.9 Å². The Hall–Kier alpha value is -4.79. The number of imide groups is 2. The summed E-state index contributed by atoms with van der Waals surface area (Å²) in [5, 5.41) is 2.22. The van der Waals surface area contributed by atoms with Gasteiger partial charge in [-0.2, -0.15) is 0 Å². The van der Waals surface area contributed by atoms with Gasteiger partial charge in [-0.25, -0.2) is 9.69 Å². The Labute approximate surface area is 220 Å². The van der Waals surface area contributed by atoms with E-state index in [0.29, 0.717) is 41.7 Å². The van der Waals surface area contributed by atoms with Crippen LogP contribution >= 0.6 is 0 Å². The third kappa shape index (κ3) is 5.95. The molecule has 4 amide bonds. The van der Waals surface area contributed by atoms with Crippen molar-refractivity contribution in [3.63, 3.8) is 0 Å². The average Bonchev–Trinajstić information content (AvgIpc) is 2.91. The molecule has 0 aromatic heterocycles. The van der Waals surface area contributed by atoms with E-state index in [2.05, 4.69) is 5.32 Å². The van der Waals surface area contributed by atoms with Crippen LogP contribution in [0.4, 0.5) is 10.5 Å². The molecule has 0 spiro atoms. The Morgan fingerprint density at radius 2 is 1.55 bits per heavy atom. The van der Waals surface area contributed by atoms with Crippen LogP contribution < -0.4 is 29.2 Å². The van der Waals surface area contributed by atoms with Crippen molar-refractivity contribution < 1.29 is 33.3 Å². The first kappa shape index (κ1) is 26.3. The molecule has 196 valence electrons. The van der Waals surface area contributed by atoms with Crippen LogP contribution in [-0.4, -0.2) is 44.8 Å². The summed E-state index contributed by atoms with van der Waals surface area (Å²) in [6.45, 7) is 4.82. The average molecular weight is 517 g/mol. The van der Waals surface area contributed by atoms with Crippen molar-refractivity contribution in [2.75, 3.05) is 31.8 Å². The number of aryl methyl sites for hydroxylation is 1. The van der Waals surface area contributed by atoms with Crippen LogP contribution in [0, 0.1) is 6.92 Å². The normalized spacial score (nSPS) is 14.3. The molecular weight excluding hydrogens is 488 g/mol. The molecule has 3 aromatic rings. The largest absolute Gasteiger partial charge is 0.497 e. The number of urea groups is 1. The minimum atomic E-state index is -0.825. The van der Waals surface area contributed by atoms with Crippen molar-refractivity contribution in [1.82, 2.24) is 5.32 Å². The lowest BCUT2D eigenvalue weighted by atomic mass is 10.1. The van der Waals surface area contributed by atoms with Crippen molar-refractivity contribution >= 4 is 29.6 Å². The first-order valence-electron chi connectivity index (χ1n) is 12.0. The van der Waals surface area contributed by atoms with Gasteiger partial charge in [0.05, 0.1) is 19.4 Å². The zero-order chi connectivity index (χ0) is 27.1. The highest BCUT2D eigenvalue weighted by molar-refractivity contribution is 6.39. The first-order valence-corrected chi connectivity index (χ1v) is 12.0. The molecule has 0 radical (unpaired) electrons. The number of rotatable bonds is 10.